The lowest BCUT2D eigenvalue weighted by atomic mass is 10.0. The van der Waals surface area contributed by atoms with E-state index in [1.807, 2.05) is 22.4 Å². The molecule has 7 heteroatoms. The van der Waals surface area contributed by atoms with Gasteiger partial charge in [-0.15, -0.1) is 0 Å². The molecular weight excluding hydrogens is 477 g/mol. The average Bonchev–Trinajstić information content (AvgIpc) is 3.00. The van der Waals surface area contributed by atoms with Crippen molar-refractivity contribution in [1.82, 2.24) is 3.97 Å². The molecule has 0 atom stereocenters. The standard InChI is InChI=1S/C19H22IN3OS2/c1-4-6-7-8-14-9-15-10-18(19(24)13(5-2)12-21)23(26-20)17(15)11-16(14)22-25-3/h5,9-11,22H,4,6-8H2,1-3H3/b13-5+. The van der Waals surface area contributed by atoms with E-state index in [4.69, 9.17) is 0 Å². The van der Waals surface area contributed by atoms with Crippen LogP contribution < -0.4 is 4.72 Å². The molecule has 0 radical (unpaired) electrons. The van der Waals surface area contributed by atoms with Crippen LogP contribution in [0.25, 0.3) is 10.9 Å². The number of halogens is 1. The number of benzene rings is 1. The lowest BCUT2D eigenvalue weighted by Crippen LogP contribution is -2.06. The van der Waals surface area contributed by atoms with Gasteiger partial charge in [0.15, 0.2) is 0 Å². The van der Waals surface area contributed by atoms with E-state index in [2.05, 4.69) is 45.0 Å². The minimum Gasteiger partial charge on any atom is -0.330 e. The van der Waals surface area contributed by atoms with Gasteiger partial charge in [0.1, 0.15) is 11.8 Å². The van der Waals surface area contributed by atoms with Crippen LogP contribution in [0.15, 0.2) is 29.8 Å². The quantitative estimate of drug-likeness (QED) is 0.106. The molecular formula is C19H22IN3OS2. The number of aryl methyl sites for hydroxylation is 1. The highest BCUT2D eigenvalue weighted by Gasteiger charge is 2.20. The molecule has 0 amide bonds. The molecule has 1 heterocycles. The number of nitrogens with one attached hydrogen (secondary N) is 1. The number of aromatic nitrogens is 1. The molecule has 0 saturated carbocycles. The zero-order valence-corrected chi connectivity index (χ0v) is 18.9. The number of hydrogen-bond donors (Lipinski definition) is 1. The van der Waals surface area contributed by atoms with Crippen LogP contribution in [0.1, 0.15) is 49.2 Å². The number of Topliss-reactive ketones (excluding diaryl/α,β-unsaturated/α-hetero) is 1. The monoisotopic (exact) mass is 499 g/mol. The summed E-state index contributed by atoms with van der Waals surface area (Å²) in [7, 11) is 1.45. The van der Waals surface area contributed by atoms with Gasteiger partial charge in [0.25, 0.3) is 0 Å². The average molecular weight is 499 g/mol. The zero-order chi connectivity index (χ0) is 19.1. The molecule has 0 fully saturated rings. The van der Waals surface area contributed by atoms with E-state index in [9.17, 15) is 10.1 Å². The van der Waals surface area contributed by atoms with Gasteiger partial charge in [-0.3, -0.25) is 8.77 Å². The number of anilines is 1. The first-order valence-electron chi connectivity index (χ1n) is 8.48. The molecule has 1 aromatic carbocycles. The van der Waals surface area contributed by atoms with Crippen LogP contribution in [0.2, 0.25) is 0 Å². The van der Waals surface area contributed by atoms with E-state index < -0.39 is 0 Å². The Morgan fingerprint density at radius 2 is 2.15 bits per heavy atom. The topological polar surface area (TPSA) is 57.8 Å². The van der Waals surface area contributed by atoms with Crippen molar-refractivity contribution in [2.45, 2.75) is 39.5 Å². The summed E-state index contributed by atoms with van der Waals surface area (Å²) in [6.07, 6.45) is 8.13. The molecule has 26 heavy (non-hydrogen) atoms. The molecule has 138 valence electrons. The van der Waals surface area contributed by atoms with Gasteiger partial charge in [0.05, 0.1) is 11.1 Å². The molecule has 0 unspecified atom stereocenters. The van der Waals surface area contributed by atoms with Crippen molar-refractivity contribution in [2.75, 3.05) is 11.0 Å². The van der Waals surface area contributed by atoms with Crippen LogP contribution in [0.5, 0.6) is 0 Å². The highest BCUT2D eigenvalue weighted by molar-refractivity contribution is 14.2. The zero-order valence-electron chi connectivity index (χ0n) is 15.1. The second kappa shape index (κ2) is 10.3. The summed E-state index contributed by atoms with van der Waals surface area (Å²) in [6, 6.07) is 8.17. The Labute approximate surface area is 175 Å². The van der Waals surface area contributed by atoms with Gasteiger partial charge in [-0.25, -0.2) is 0 Å². The van der Waals surface area contributed by atoms with Crippen molar-refractivity contribution in [3.63, 3.8) is 0 Å². The van der Waals surface area contributed by atoms with E-state index in [0.717, 1.165) is 29.4 Å². The number of carbonyl (C=O) groups excluding carboxylic acids is 1. The minimum absolute atomic E-state index is 0.171. The van der Waals surface area contributed by atoms with Crippen LogP contribution in [-0.4, -0.2) is 16.0 Å². The number of ketones is 1. The molecule has 4 nitrogen and oxygen atoms in total. The van der Waals surface area contributed by atoms with E-state index >= 15 is 0 Å². The first kappa shape index (κ1) is 21.2. The van der Waals surface area contributed by atoms with Crippen molar-refractivity contribution >= 4 is 64.6 Å². The van der Waals surface area contributed by atoms with Crippen molar-refractivity contribution in [3.05, 3.63) is 41.1 Å². The fourth-order valence-electron chi connectivity index (χ4n) is 2.87. The van der Waals surface area contributed by atoms with E-state index in [0.29, 0.717) is 5.69 Å². The van der Waals surface area contributed by atoms with Gasteiger partial charge < -0.3 is 4.72 Å². The number of allylic oxidation sites excluding steroid dienone is 2. The summed E-state index contributed by atoms with van der Waals surface area (Å²) >= 11 is 3.74. The van der Waals surface area contributed by atoms with E-state index in [1.54, 1.807) is 24.9 Å². The van der Waals surface area contributed by atoms with Gasteiger partial charge in [0.2, 0.25) is 5.78 Å². The second-order valence-corrected chi connectivity index (χ2v) is 8.16. The first-order chi connectivity index (χ1) is 12.6. The van der Waals surface area contributed by atoms with Gasteiger partial charge in [0, 0.05) is 47.7 Å². The Kier molecular flexibility index (Phi) is 8.38. The maximum Gasteiger partial charge on any atom is 0.220 e. The third-order valence-electron chi connectivity index (χ3n) is 4.20. The third-order valence-corrected chi connectivity index (χ3v) is 6.34. The number of carbonyl (C=O) groups is 1. The van der Waals surface area contributed by atoms with Gasteiger partial charge in [-0.05, 0) is 43.5 Å². The summed E-state index contributed by atoms with van der Waals surface area (Å²) in [5.41, 5.74) is 4.05. The van der Waals surface area contributed by atoms with Crippen molar-refractivity contribution < 1.29 is 4.79 Å². The Morgan fingerprint density at radius 3 is 2.73 bits per heavy atom. The predicted molar refractivity (Wildman–Crippen MR) is 123 cm³/mol. The third kappa shape index (κ3) is 4.59. The molecule has 0 saturated heterocycles. The molecule has 2 aromatic rings. The number of fused-ring (bicyclic) bond motifs is 1. The normalized spacial score (nSPS) is 11.6. The number of nitriles is 1. The fourth-order valence-corrected chi connectivity index (χ4v) is 5.00. The number of nitrogens with zero attached hydrogens (tertiary/aromatic N) is 2. The highest BCUT2D eigenvalue weighted by atomic mass is 127. The Hall–Kier alpha value is -1.11. The molecule has 0 aliphatic carbocycles. The van der Waals surface area contributed by atoms with Crippen molar-refractivity contribution in [3.8, 4) is 6.07 Å². The van der Waals surface area contributed by atoms with E-state index in [-0.39, 0.29) is 11.4 Å². The molecule has 0 spiro atoms. The maximum absolute atomic E-state index is 12.7. The largest absolute Gasteiger partial charge is 0.330 e. The van der Waals surface area contributed by atoms with Crippen molar-refractivity contribution in [2.24, 2.45) is 0 Å². The Bertz CT molecular complexity index is 868. The number of unbranched alkanes of at least 4 members (excludes halogenated alkanes) is 2. The second-order valence-electron chi connectivity index (χ2n) is 5.87. The molecule has 0 aliphatic heterocycles. The smallest absolute Gasteiger partial charge is 0.220 e. The summed E-state index contributed by atoms with van der Waals surface area (Å²) in [5, 5.41) is 10.2. The molecule has 0 bridgehead atoms. The Morgan fingerprint density at radius 1 is 1.38 bits per heavy atom. The number of hydrogen-bond acceptors (Lipinski definition) is 5. The van der Waals surface area contributed by atoms with Gasteiger partial charge in [-0.2, -0.15) is 5.26 Å². The summed E-state index contributed by atoms with van der Waals surface area (Å²) < 4.78 is 5.28. The predicted octanol–water partition coefficient (Wildman–Crippen LogP) is 6.56. The Balaban J connectivity index is 2.57. The number of rotatable bonds is 9. The lowest BCUT2D eigenvalue weighted by Gasteiger charge is -2.12. The van der Waals surface area contributed by atoms with Crippen LogP contribution in [0.3, 0.4) is 0 Å². The summed E-state index contributed by atoms with van der Waals surface area (Å²) in [6.45, 7) is 3.92. The minimum atomic E-state index is -0.234. The molecule has 1 aromatic heterocycles. The maximum atomic E-state index is 12.7. The summed E-state index contributed by atoms with van der Waals surface area (Å²) in [4.78, 5) is 12.7. The highest BCUT2D eigenvalue weighted by Crippen LogP contribution is 2.34. The van der Waals surface area contributed by atoms with Crippen molar-refractivity contribution in [1.29, 1.82) is 5.26 Å². The fraction of sp³-hybridized carbons (Fsp3) is 0.368. The van der Waals surface area contributed by atoms with Crippen LogP contribution in [0.4, 0.5) is 5.69 Å². The van der Waals surface area contributed by atoms with Crippen LogP contribution in [0, 0.1) is 11.3 Å². The lowest BCUT2D eigenvalue weighted by molar-refractivity contribution is 0.103. The molecule has 1 N–H and O–H groups in total. The van der Waals surface area contributed by atoms with Gasteiger partial charge >= 0.3 is 0 Å². The van der Waals surface area contributed by atoms with Crippen LogP contribution >= 0.6 is 42.3 Å². The van der Waals surface area contributed by atoms with Crippen LogP contribution in [-0.2, 0) is 6.42 Å². The molecule has 2 rings (SSSR count). The SMILES string of the molecule is C/C=C(\C#N)C(=O)c1cc2cc(CCCCC)c(NSC)cc2n1SI. The van der Waals surface area contributed by atoms with Gasteiger partial charge in [-0.1, -0.05) is 37.8 Å². The van der Waals surface area contributed by atoms with E-state index in [1.165, 1.54) is 27.5 Å². The first-order valence-corrected chi connectivity index (χ1v) is 13.0. The summed E-state index contributed by atoms with van der Waals surface area (Å²) in [5.74, 6) is -0.234. The molecule has 0 aliphatic rings.